The van der Waals surface area contributed by atoms with Crippen molar-refractivity contribution in [3.05, 3.63) is 110 Å². The summed E-state index contributed by atoms with van der Waals surface area (Å²) in [5, 5.41) is 2.91. The SMILES string of the molecule is C=CCCOc1cc(OC)cc(Cl)c1Nc1nc(=O)n(-c2cnccc2C)c(=O)n1Cc1cc(F)c(F)cc1F. The van der Waals surface area contributed by atoms with E-state index >= 15 is 0 Å². The zero-order chi connectivity index (χ0) is 29.0. The Morgan fingerprint density at radius 2 is 1.88 bits per heavy atom. The first kappa shape index (κ1) is 28.4. The fraction of sp³-hybridized carbons (Fsp3) is 0.185. The maximum Gasteiger partial charge on any atom is 0.359 e. The Labute approximate surface area is 231 Å². The molecule has 1 N–H and O–H groups in total. The minimum Gasteiger partial charge on any atom is -0.497 e. The molecule has 0 spiro atoms. The quantitative estimate of drug-likeness (QED) is 0.163. The van der Waals surface area contributed by atoms with E-state index in [0.29, 0.717) is 29.9 Å². The summed E-state index contributed by atoms with van der Waals surface area (Å²) in [6.07, 6.45) is 4.90. The van der Waals surface area contributed by atoms with Crippen LogP contribution in [0.25, 0.3) is 5.69 Å². The van der Waals surface area contributed by atoms with Crippen molar-refractivity contribution in [3.63, 3.8) is 0 Å². The van der Waals surface area contributed by atoms with E-state index in [1.165, 1.54) is 31.6 Å². The van der Waals surface area contributed by atoms with Crippen LogP contribution in [0, 0.1) is 24.4 Å². The summed E-state index contributed by atoms with van der Waals surface area (Å²) in [4.78, 5) is 34.9. The Morgan fingerprint density at radius 3 is 2.58 bits per heavy atom. The molecule has 4 aromatic rings. The third kappa shape index (κ3) is 5.86. The van der Waals surface area contributed by atoms with Gasteiger partial charge in [0.15, 0.2) is 11.6 Å². The van der Waals surface area contributed by atoms with Crippen LogP contribution in [0.2, 0.25) is 5.02 Å². The minimum absolute atomic E-state index is 0.0834. The number of hydrogen-bond acceptors (Lipinski definition) is 7. The van der Waals surface area contributed by atoms with Gasteiger partial charge in [0.2, 0.25) is 5.95 Å². The van der Waals surface area contributed by atoms with E-state index in [9.17, 15) is 22.8 Å². The zero-order valence-electron chi connectivity index (χ0n) is 21.4. The minimum atomic E-state index is -1.40. The molecule has 2 aromatic carbocycles. The van der Waals surface area contributed by atoms with E-state index in [2.05, 4.69) is 21.9 Å². The number of aromatic nitrogens is 4. The molecular formula is C27H23ClF3N5O4. The maximum atomic E-state index is 14.7. The van der Waals surface area contributed by atoms with Gasteiger partial charge in [0.1, 0.15) is 23.0 Å². The van der Waals surface area contributed by atoms with Gasteiger partial charge in [-0.1, -0.05) is 17.7 Å². The number of methoxy groups -OCH3 is 1. The highest BCUT2D eigenvalue weighted by atomic mass is 35.5. The van der Waals surface area contributed by atoms with Crippen LogP contribution < -0.4 is 26.2 Å². The molecule has 0 fully saturated rings. The van der Waals surface area contributed by atoms with Gasteiger partial charge in [0, 0.05) is 30.0 Å². The second-order valence-electron chi connectivity index (χ2n) is 8.48. The van der Waals surface area contributed by atoms with Gasteiger partial charge in [-0.3, -0.25) is 9.55 Å². The standard InChI is InChI=1S/C27H23ClF3N5O4/c1-4-5-8-40-23-11-17(39-3)10-18(28)24(23)33-25-34-26(37)36(22-13-32-7-6-15(22)2)27(38)35(25)14-16-9-20(30)21(31)12-19(16)29/h4,6-7,9-13H,1,5,8,14H2,2-3H3,(H,33,34,37). The van der Waals surface area contributed by atoms with Crippen LogP contribution in [-0.4, -0.2) is 32.8 Å². The van der Waals surface area contributed by atoms with Gasteiger partial charge in [0.25, 0.3) is 0 Å². The number of anilines is 2. The van der Waals surface area contributed by atoms with Gasteiger partial charge in [-0.15, -0.1) is 6.58 Å². The average molecular weight is 574 g/mol. The van der Waals surface area contributed by atoms with Gasteiger partial charge < -0.3 is 14.8 Å². The maximum absolute atomic E-state index is 14.7. The number of ether oxygens (including phenoxy) is 2. The van der Waals surface area contributed by atoms with Crippen molar-refractivity contribution in [2.45, 2.75) is 19.9 Å². The average Bonchev–Trinajstić information content (AvgIpc) is 2.91. The van der Waals surface area contributed by atoms with E-state index in [4.69, 9.17) is 21.1 Å². The van der Waals surface area contributed by atoms with Crippen molar-refractivity contribution in [3.8, 4) is 17.2 Å². The van der Waals surface area contributed by atoms with E-state index < -0.39 is 35.4 Å². The van der Waals surface area contributed by atoms with Crippen LogP contribution in [0.1, 0.15) is 17.5 Å². The fourth-order valence-corrected chi connectivity index (χ4v) is 4.01. The van der Waals surface area contributed by atoms with Crippen molar-refractivity contribution in [2.24, 2.45) is 0 Å². The molecule has 0 unspecified atom stereocenters. The van der Waals surface area contributed by atoms with Gasteiger partial charge in [-0.25, -0.2) is 27.3 Å². The third-order valence-electron chi connectivity index (χ3n) is 5.82. The highest BCUT2D eigenvalue weighted by molar-refractivity contribution is 6.33. The summed E-state index contributed by atoms with van der Waals surface area (Å²) in [7, 11) is 1.43. The highest BCUT2D eigenvalue weighted by Gasteiger charge is 2.21. The van der Waals surface area contributed by atoms with E-state index in [1.807, 2.05) is 0 Å². The van der Waals surface area contributed by atoms with Crippen molar-refractivity contribution in [1.29, 1.82) is 0 Å². The lowest BCUT2D eigenvalue weighted by Crippen LogP contribution is -2.42. The van der Waals surface area contributed by atoms with Gasteiger partial charge in [-0.05, 0) is 31.0 Å². The van der Waals surface area contributed by atoms with Crippen LogP contribution in [0.15, 0.2) is 65.0 Å². The second-order valence-corrected chi connectivity index (χ2v) is 8.88. The molecule has 0 amide bonds. The number of nitrogens with one attached hydrogen (secondary N) is 1. The number of hydrogen-bond donors (Lipinski definition) is 1. The van der Waals surface area contributed by atoms with Gasteiger partial charge >= 0.3 is 11.4 Å². The number of halogens is 4. The van der Waals surface area contributed by atoms with E-state index in [1.54, 1.807) is 19.1 Å². The molecule has 2 heterocycles. The zero-order valence-corrected chi connectivity index (χ0v) is 22.1. The molecule has 0 saturated heterocycles. The lowest BCUT2D eigenvalue weighted by Gasteiger charge is -2.19. The second kappa shape index (κ2) is 12.1. The lowest BCUT2D eigenvalue weighted by molar-refractivity contribution is 0.323. The molecule has 0 aliphatic heterocycles. The van der Waals surface area contributed by atoms with Crippen molar-refractivity contribution >= 4 is 23.2 Å². The first-order chi connectivity index (χ1) is 19.1. The van der Waals surface area contributed by atoms with Gasteiger partial charge in [-0.2, -0.15) is 4.98 Å². The summed E-state index contributed by atoms with van der Waals surface area (Å²) in [6.45, 7) is 4.88. The fourth-order valence-electron chi connectivity index (χ4n) is 3.76. The summed E-state index contributed by atoms with van der Waals surface area (Å²) in [5.41, 5.74) is -1.54. The van der Waals surface area contributed by atoms with Crippen LogP contribution in [0.3, 0.4) is 0 Å². The van der Waals surface area contributed by atoms with Crippen molar-refractivity contribution < 1.29 is 22.6 Å². The monoisotopic (exact) mass is 573 g/mol. The molecule has 0 aliphatic rings. The predicted molar refractivity (Wildman–Crippen MR) is 144 cm³/mol. The van der Waals surface area contributed by atoms with E-state index in [-0.39, 0.29) is 40.3 Å². The Bertz CT molecular complexity index is 1710. The summed E-state index contributed by atoms with van der Waals surface area (Å²) in [6, 6.07) is 5.55. The molecule has 0 bridgehead atoms. The molecule has 0 radical (unpaired) electrons. The van der Waals surface area contributed by atoms with Crippen LogP contribution in [-0.2, 0) is 6.54 Å². The Kier molecular flexibility index (Phi) is 8.58. The smallest absolute Gasteiger partial charge is 0.359 e. The molecule has 40 heavy (non-hydrogen) atoms. The molecular weight excluding hydrogens is 551 g/mol. The first-order valence-electron chi connectivity index (χ1n) is 11.8. The van der Waals surface area contributed by atoms with E-state index in [0.717, 1.165) is 9.13 Å². The summed E-state index contributed by atoms with van der Waals surface area (Å²) in [5.74, 6) is -3.63. The van der Waals surface area contributed by atoms with Gasteiger partial charge in [0.05, 0.1) is 37.2 Å². The first-order valence-corrected chi connectivity index (χ1v) is 12.2. The number of pyridine rings is 1. The largest absolute Gasteiger partial charge is 0.497 e. The van der Waals surface area contributed by atoms with Crippen LogP contribution in [0.5, 0.6) is 11.5 Å². The number of rotatable bonds is 10. The lowest BCUT2D eigenvalue weighted by atomic mass is 10.2. The molecule has 4 rings (SSSR count). The molecule has 2 aromatic heterocycles. The highest BCUT2D eigenvalue weighted by Crippen LogP contribution is 2.38. The Hall–Kier alpha value is -4.58. The molecule has 208 valence electrons. The summed E-state index contributed by atoms with van der Waals surface area (Å²) < 4.78 is 54.9. The molecule has 0 saturated carbocycles. The molecule has 0 atom stereocenters. The third-order valence-corrected chi connectivity index (χ3v) is 6.12. The predicted octanol–water partition coefficient (Wildman–Crippen LogP) is 4.92. The Balaban J connectivity index is 1.93. The normalized spacial score (nSPS) is 10.8. The van der Waals surface area contributed by atoms with Crippen molar-refractivity contribution in [1.82, 2.24) is 19.1 Å². The molecule has 9 nitrogen and oxygen atoms in total. The number of benzene rings is 2. The van der Waals surface area contributed by atoms with Crippen LogP contribution >= 0.6 is 11.6 Å². The number of nitrogens with zero attached hydrogens (tertiary/aromatic N) is 4. The summed E-state index contributed by atoms with van der Waals surface area (Å²) >= 11 is 6.48. The van der Waals surface area contributed by atoms with Crippen molar-refractivity contribution in [2.75, 3.05) is 19.0 Å². The van der Waals surface area contributed by atoms with Crippen LogP contribution in [0.4, 0.5) is 24.8 Å². The Morgan fingerprint density at radius 1 is 1.12 bits per heavy atom. The molecule has 0 aliphatic carbocycles. The topological polar surface area (TPSA) is 100 Å². The molecule has 13 heteroatoms. The number of aryl methyl sites for hydroxylation is 1.